The summed E-state index contributed by atoms with van der Waals surface area (Å²) in [7, 11) is 0. The monoisotopic (exact) mass is 238 g/mol. The van der Waals surface area contributed by atoms with Gasteiger partial charge in [-0.2, -0.15) is 0 Å². The van der Waals surface area contributed by atoms with Crippen LogP contribution in [0.1, 0.15) is 24.0 Å². The van der Waals surface area contributed by atoms with Crippen LogP contribution >= 0.6 is 11.6 Å². The Morgan fingerprint density at radius 2 is 2.06 bits per heavy atom. The van der Waals surface area contributed by atoms with E-state index in [1.807, 2.05) is 12.1 Å². The van der Waals surface area contributed by atoms with E-state index >= 15 is 0 Å². The molecule has 0 radical (unpaired) electrons. The molecule has 1 aromatic rings. The minimum atomic E-state index is 0.801. The Balaban J connectivity index is 1.67. The standard InChI is InChI=1S/C13H19ClN2/c1-10-6-11(8-12(14)7-10)9-15-4-5-16-13-2-3-13/h6-8,13,15-16H,2-5,9H2,1H3. The summed E-state index contributed by atoms with van der Waals surface area (Å²) in [6.07, 6.45) is 2.71. The van der Waals surface area contributed by atoms with Gasteiger partial charge >= 0.3 is 0 Å². The Hall–Kier alpha value is -0.570. The third kappa shape index (κ3) is 4.12. The van der Waals surface area contributed by atoms with Crippen molar-refractivity contribution < 1.29 is 0 Å². The molecule has 2 rings (SSSR count). The maximum atomic E-state index is 6.00. The third-order valence-electron chi connectivity index (χ3n) is 2.74. The molecule has 0 atom stereocenters. The Morgan fingerprint density at radius 1 is 1.25 bits per heavy atom. The molecule has 88 valence electrons. The summed E-state index contributed by atoms with van der Waals surface area (Å²) in [5.74, 6) is 0. The van der Waals surface area contributed by atoms with Gasteiger partial charge in [-0.05, 0) is 43.0 Å². The van der Waals surface area contributed by atoms with E-state index in [9.17, 15) is 0 Å². The van der Waals surface area contributed by atoms with Crippen molar-refractivity contribution in [2.75, 3.05) is 13.1 Å². The van der Waals surface area contributed by atoms with Crippen LogP contribution in [-0.2, 0) is 6.54 Å². The number of aryl methyl sites for hydroxylation is 1. The van der Waals surface area contributed by atoms with Gasteiger partial charge in [0.1, 0.15) is 0 Å². The molecule has 0 heterocycles. The largest absolute Gasteiger partial charge is 0.313 e. The van der Waals surface area contributed by atoms with Crippen molar-refractivity contribution in [2.24, 2.45) is 0 Å². The molecule has 0 amide bonds. The zero-order valence-electron chi connectivity index (χ0n) is 9.72. The molecule has 0 spiro atoms. The van der Waals surface area contributed by atoms with Crippen LogP contribution in [0.5, 0.6) is 0 Å². The second-order valence-corrected chi connectivity index (χ2v) is 4.98. The maximum absolute atomic E-state index is 6.00. The van der Waals surface area contributed by atoms with Crippen molar-refractivity contribution in [3.8, 4) is 0 Å². The van der Waals surface area contributed by atoms with Crippen molar-refractivity contribution in [1.82, 2.24) is 10.6 Å². The van der Waals surface area contributed by atoms with Gasteiger partial charge < -0.3 is 10.6 Å². The molecule has 1 aromatic carbocycles. The number of hydrogen-bond acceptors (Lipinski definition) is 2. The predicted octanol–water partition coefficient (Wildman–Crippen LogP) is 2.49. The molecule has 0 unspecified atom stereocenters. The summed E-state index contributed by atoms with van der Waals surface area (Å²) in [4.78, 5) is 0. The van der Waals surface area contributed by atoms with E-state index in [1.54, 1.807) is 0 Å². The highest BCUT2D eigenvalue weighted by atomic mass is 35.5. The Kier molecular flexibility index (Phi) is 4.22. The van der Waals surface area contributed by atoms with Crippen molar-refractivity contribution in [3.63, 3.8) is 0 Å². The van der Waals surface area contributed by atoms with Crippen LogP contribution in [0.15, 0.2) is 18.2 Å². The van der Waals surface area contributed by atoms with Crippen molar-refractivity contribution in [2.45, 2.75) is 32.4 Å². The van der Waals surface area contributed by atoms with Crippen LogP contribution in [0.3, 0.4) is 0 Å². The van der Waals surface area contributed by atoms with Crippen molar-refractivity contribution in [3.05, 3.63) is 34.3 Å². The summed E-state index contributed by atoms with van der Waals surface area (Å²) in [6.45, 7) is 5.05. The van der Waals surface area contributed by atoms with Gasteiger partial charge in [-0.25, -0.2) is 0 Å². The number of benzene rings is 1. The molecule has 0 bridgehead atoms. The summed E-state index contributed by atoms with van der Waals surface area (Å²) in [5.41, 5.74) is 2.48. The summed E-state index contributed by atoms with van der Waals surface area (Å²) in [6, 6.07) is 6.98. The van der Waals surface area contributed by atoms with Gasteiger partial charge in [-0.15, -0.1) is 0 Å². The van der Waals surface area contributed by atoms with Gasteiger partial charge in [-0.1, -0.05) is 17.7 Å². The van der Waals surface area contributed by atoms with E-state index < -0.39 is 0 Å². The van der Waals surface area contributed by atoms with Crippen LogP contribution in [0.25, 0.3) is 0 Å². The number of halogens is 1. The average Bonchev–Trinajstić information content (AvgIpc) is 2.99. The van der Waals surface area contributed by atoms with Crippen molar-refractivity contribution in [1.29, 1.82) is 0 Å². The van der Waals surface area contributed by atoms with Gasteiger partial charge in [0.25, 0.3) is 0 Å². The lowest BCUT2D eigenvalue weighted by Gasteiger charge is -2.07. The van der Waals surface area contributed by atoms with Crippen LogP contribution < -0.4 is 10.6 Å². The highest BCUT2D eigenvalue weighted by Gasteiger charge is 2.19. The highest BCUT2D eigenvalue weighted by molar-refractivity contribution is 6.30. The van der Waals surface area contributed by atoms with Crippen LogP contribution in [0.2, 0.25) is 5.02 Å². The number of hydrogen-bond donors (Lipinski definition) is 2. The second kappa shape index (κ2) is 5.67. The van der Waals surface area contributed by atoms with Gasteiger partial charge in [0.05, 0.1) is 0 Å². The van der Waals surface area contributed by atoms with Gasteiger partial charge in [-0.3, -0.25) is 0 Å². The fourth-order valence-electron chi connectivity index (χ4n) is 1.80. The Morgan fingerprint density at radius 3 is 2.75 bits per heavy atom. The molecule has 1 fully saturated rings. The Bertz CT molecular complexity index is 328. The predicted molar refractivity (Wildman–Crippen MR) is 68.9 cm³/mol. The molecule has 0 aliphatic heterocycles. The van der Waals surface area contributed by atoms with Gasteiger partial charge in [0.2, 0.25) is 0 Å². The van der Waals surface area contributed by atoms with E-state index in [2.05, 4.69) is 23.6 Å². The summed E-state index contributed by atoms with van der Waals surface area (Å²) < 4.78 is 0. The molecule has 1 saturated carbocycles. The van der Waals surface area contributed by atoms with Crippen LogP contribution in [0, 0.1) is 6.92 Å². The zero-order chi connectivity index (χ0) is 11.4. The van der Waals surface area contributed by atoms with E-state index in [4.69, 9.17) is 11.6 Å². The van der Waals surface area contributed by atoms with E-state index in [0.29, 0.717) is 0 Å². The topological polar surface area (TPSA) is 24.1 Å². The van der Waals surface area contributed by atoms with Gasteiger partial charge in [0, 0.05) is 30.7 Å². The normalized spacial score (nSPS) is 15.4. The summed E-state index contributed by atoms with van der Waals surface area (Å²) >= 11 is 6.00. The molecule has 0 saturated heterocycles. The fourth-order valence-corrected chi connectivity index (χ4v) is 2.11. The quantitative estimate of drug-likeness (QED) is 0.745. The fraction of sp³-hybridized carbons (Fsp3) is 0.538. The SMILES string of the molecule is Cc1cc(Cl)cc(CNCCNC2CC2)c1. The van der Waals surface area contributed by atoms with Crippen LogP contribution in [0.4, 0.5) is 0 Å². The number of rotatable bonds is 6. The van der Waals surface area contributed by atoms with Crippen molar-refractivity contribution >= 4 is 11.6 Å². The first-order valence-electron chi connectivity index (χ1n) is 5.94. The Labute approximate surface area is 102 Å². The molecule has 2 nitrogen and oxygen atoms in total. The van der Waals surface area contributed by atoms with E-state index in [0.717, 1.165) is 30.7 Å². The molecular formula is C13H19ClN2. The molecule has 16 heavy (non-hydrogen) atoms. The first kappa shape index (κ1) is 11.9. The molecule has 1 aliphatic rings. The van der Waals surface area contributed by atoms with Crippen LogP contribution in [-0.4, -0.2) is 19.1 Å². The lowest BCUT2D eigenvalue weighted by atomic mass is 10.1. The van der Waals surface area contributed by atoms with E-state index in [1.165, 1.54) is 24.0 Å². The molecular weight excluding hydrogens is 220 g/mol. The molecule has 2 N–H and O–H groups in total. The van der Waals surface area contributed by atoms with E-state index in [-0.39, 0.29) is 0 Å². The highest BCUT2D eigenvalue weighted by Crippen LogP contribution is 2.17. The minimum Gasteiger partial charge on any atom is -0.313 e. The summed E-state index contributed by atoms with van der Waals surface area (Å²) in [5, 5.41) is 7.72. The first-order chi connectivity index (χ1) is 7.74. The smallest absolute Gasteiger partial charge is 0.0411 e. The minimum absolute atomic E-state index is 0.801. The lowest BCUT2D eigenvalue weighted by Crippen LogP contribution is -2.28. The van der Waals surface area contributed by atoms with Gasteiger partial charge in [0.15, 0.2) is 0 Å². The lowest BCUT2D eigenvalue weighted by molar-refractivity contribution is 0.608. The maximum Gasteiger partial charge on any atom is 0.0411 e. The number of nitrogens with one attached hydrogen (secondary N) is 2. The first-order valence-corrected chi connectivity index (χ1v) is 6.32. The second-order valence-electron chi connectivity index (χ2n) is 4.54. The third-order valence-corrected chi connectivity index (χ3v) is 2.96. The zero-order valence-corrected chi connectivity index (χ0v) is 10.5. The molecule has 3 heteroatoms. The molecule has 0 aromatic heterocycles. The molecule has 1 aliphatic carbocycles. The average molecular weight is 239 g/mol.